The Morgan fingerprint density at radius 3 is 3.09 bits per heavy atom. The van der Waals surface area contributed by atoms with E-state index < -0.39 is 0 Å². The molecule has 0 radical (unpaired) electrons. The van der Waals surface area contributed by atoms with Gasteiger partial charge in [0, 0.05) is 25.5 Å². The van der Waals surface area contributed by atoms with Crippen LogP contribution in [0.25, 0.3) is 0 Å². The number of amides is 2. The summed E-state index contributed by atoms with van der Waals surface area (Å²) in [7, 11) is 1.59. The highest BCUT2D eigenvalue weighted by Gasteiger charge is 2.09. The highest BCUT2D eigenvalue weighted by molar-refractivity contribution is 5.75. The summed E-state index contributed by atoms with van der Waals surface area (Å²) in [5, 5.41) is 2.51. The number of carbonyl (C=O) groups excluding carboxylic acids is 1. The van der Waals surface area contributed by atoms with E-state index in [9.17, 15) is 4.79 Å². The van der Waals surface area contributed by atoms with E-state index in [2.05, 4.69) is 5.32 Å². The molecule has 0 saturated heterocycles. The van der Waals surface area contributed by atoms with Gasteiger partial charge in [-0.1, -0.05) is 6.08 Å². The van der Waals surface area contributed by atoms with Gasteiger partial charge in [0.2, 0.25) is 0 Å². The normalized spacial score (nSPS) is 16.1. The number of nitrogens with two attached hydrogens (primary N) is 1. The summed E-state index contributed by atoms with van der Waals surface area (Å²) in [4.78, 5) is 12.5. The summed E-state index contributed by atoms with van der Waals surface area (Å²) < 4.78 is 0. The minimum Gasteiger partial charge on any atom is -0.398 e. The monoisotopic (exact) mass is 153 g/mol. The maximum absolute atomic E-state index is 11.0. The Hall–Kier alpha value is -1.45. The molecule has 2 amide bonds. The molecular weight excluding hydrogens is 142 g/mol. The lowest BCUT2D eigenvalue weighted by molar-refractivity contribution is 0.220. The SMILES string of the molecule is CNC(=O)N1C=C(N)C=CC1. The summed E-state index contributed by atoms with van der Waals surface area (Å²) in [5.41, 5.74) is 6.07. The number of carbonyl (C=O) groups is 1. The lowest BCUT2D eigenvalue weighted by Gasteiger charge is -2.18. The molecule has 0 aromatic carbocycles. The molecule has 0 aromatic rings. The summed E-state index contributed by atoms with van der Waals surface area (Å²) in [6, 6.07) is -0.141. The molecule has 4 nitrogen and oxygen atoms in total. The van der Waals surface area contributed by atoms with E-state index in [0.29, 0.717) is 12.2 Å². The van der Waals surface area contributed by atoms with Crippen LogP contribution < -0.4 is 11.1 Å². The van der Waals surface area contributed by atoms with Crippen molar-refractivity contribution in [1.82, 2.24) is 10.2 Å². The molecular formula is C7H11N3O. The first-order valence-electron chi connectivity index (χ1n) is 3.36. The minimum atomic E-state index is -0.141. The zero-order valence-electron chi connectivity index (χ0n) is 6.37. The lowest BCUT2D eigenvalue weighted by Crippen LogP contribution is -2.35. The Balaban J connectivity index is 2.63. The fraction of sp³-hybridized carbons (Fsp3) is 0.286. The van der Waals surface area contributed by atoms with E-state index >= 15 is 0 Å². The zero-order valence-corrected chi connectivity index (χ0v) is 6.37. The topological polar surface area (TPSA) is 58.4 Å². The van der Waals surface area contributed by atoms with Crippen molar-refractivity contribution in [2.24, 2.45) is 5.73 Å². The number of urea groups is 1. The van der Waals surface area contributed by atoms with Gasteiger partial charge in [-0.15, -0.1) is 0 Å². The quantitative estimate of drug-likeness (QED) is 0.514. The van der Waals surface area contributed by atoms with E-state index in [1.165, 1.54) is 4.90 Å². The standard InChI is InChI=1S/C7H11N3O/c1-9-7(11)10-4-2-3-6(8)5-10/h2-3,5H,4,8H2,1H3,(H,9,11). The van der Waals surface area contributed by atoms with Crippen LogP contribution in [-0.4, -0.2) is 24.5 Å². The highest BCUT2D eigenvalue weighted by Crippen LogP contribution is 2.01. The van der Waals surface area contributed by atoms with Gasteiger partial charge in [-0.05, 0) is 6.08 Å². The Morgan fingerprint density at radius 1 is 1.82 bits per heavy atom. The highest BCUT2D eigenvalue weighted by atomic mass is 16.2. The van der Waals surface area contributed by atoms with Crippen molar-refractivity contribution in [2.45, 2.75) is 0 Å². The van der Waals surface area contributed by atoms with Crippen molar-refractivity contribution in [3.63, 3.8) is 0 Å². The van der Waals surface area contributed by atoms with Crippen LogP contribution in [0.2, 0.25) is 0 Å². The molecule has 0 bridgehead atoms. The van der Waals surface area contributed by atoms with Crippen LogP contribution in [0.1, 0.15) is 0 Å². The fourth-order valence-corrected chi connectivity index (χ4v) is 0.863. The van der Waals surface area contributed by atoms with E-state index in [4.69, 9.17) is 5.73 Å². The summed E-state index contributed by atoms with van der Waals surface area (Å²) in [5.74, 6) is 0. The molecule has 0 saturated carbocycles. The first-order valence-corrected chi connectivity index (χ1v) is 3.36. The van der Waals surface area contributed by atoms with Gasteiger partial charge >= 0.3 is 6.03 Å². The Labute approximate surface area is 65.4 Å². The zero-order chi connectivity index (χ0) is 8.27. The first kappa shape index (κ1) is 7.65. The van der Waals surface area contributed by atoms with Gasteiger partial charge < -0.3 is 11.1 Å². The fourth-order valence-electron chi connectivity index (χ4n) is 0.863. The maximum Gasteiger partial charge on any atom is 0.321 e. The minimum absolute atomic E-state index is 0.141. The average molecular weight is 153 g/mol. The molecule has 1 heterocycles. The van der Waals surface area contributed by atoms with Gasteiger partial charge in [0.25, 0.3) is 0 Å². The van der Waals surface area contributed by atoms with Crippen LogP contribution in [0.15, 0.2) is 24.0 Å². The van der Waals surface area contributed by atoms with Crippen molar-refractivity contribution in [3.05, 3.63) is 24.0 Å². The molecule has 0 fully saturated rings. The van der Waals surface area contributed by atoms with Crippen LogP contribution in [0.4, 0.5) is 4.79 Å². The van der Waals surface area contributed by atoms with E-state index in [1.54, 1.807) is 19.3 Å². The molecule has 1 aliphatic heterocycles. The van der Waals surface area contributed by atoms with E-state index in [0.717, 1.165) is 0 Å². The summed E-state index contributed by atoms with van der Waals surface area (Å²) >= 11 is 0. The van der Waals surface area contributed by atoms with Gasteiger partial charge in [-0.25, -0.2) is 4.79 Å². The predicted molar refractivity (Wildman–Crippen MR) is 42.6 cm³/mol. The van der Waals surface area contributed by atoms with Crippen molar-refractivity contribution in [1.29, 1.82) is 0 Å². The van der Waals surface area contributed by atoms with E-state index in [-0.39, 0.29) is 6.03 Å². The number of rotatable bonds is 0. The van der Waals surface area contributed by atoms with Gasteiger partial charge in [-0.2, -0.15) is 0 Å². The Morgan fingerprint density at radius 2 is 2.55 bits per heavy atom. The van der Waals surface area contributed by atoms with Crippen LogP contribution in [0.5, 0.6) is 0 Å². The third kappa shape index (κ3) is 1.73. The van der Waals surface area contributed by atoms with Gasteiger partial charge in [0.05, 0.1) is 0 Å². The lowest BCUT2D eigenvalue weighted by atomic mass is 10.3. The number of nitrogens with one attached hydrogen (secondary N) is 1. The number of nitrogens with zero attached hydrogens (tertiary/aromatic N) is 1. The largest absolute Gasteiger partial charge is 0.398 e. The smallest absolute Gasteiger partial charge is 0.321 e. The first-order chi connectivity index (χ1) is 5.24. The molecule has 0 aromatic heterocycles. The second-order valence-corrected chi connectivity index (χ2v) is 2.24. The number of hydrogen-bond acceptors (Lipinski definition) is 2. The van der Waals surface area contributed by atoms with Crippen molar-refractivity contribution in [3.8, 4) is 0 Å². The van der Waals surface area contributed by atoms with E-state index in [1.807, 2.05) is 6.08 Å². The third-order valence-electron chi connectivity index (χ3n) is 1.39. The molecule has 3 N–H and O–H groups in total. The van der Waals surface area contributed by atoms with Crippen LogP contribution in [-0.2, 0) is 0 Å². The molecule has 0 atom stereocenters. The molecule has 0 unspecified atom stereocenters. The Bertz CT molecular complexity index is 220. The molecule has 1 aliphatic rings. The van der Waals surface area contributed by atoms with Crippen molar-refractivity contribution in [2.75, 3.05) is 13.6 Å². The number of hydrogen-bond donors (Lipinski definition) is 2. The molecule has 1 rings (SSSR count). The Kier molecular flexibility index (Phi) is 2.15. The molecule has 4 heteroatoms. The predicted octanol–water partition coefficient (Wildman–Crippen LogP) is -0.00230. The summed E-state index contributed by atoms with van der Waals surface area (Å²) in [6.45, 7) is 0.584. The second-order valence-electron chi connectivity index (χ2n) is 2.24. The van der Waals surface area contributed by atoms with Gasteiger partial charge in [0.15, 0.2) is 0 Å². The third-order valence-corrected chi connectivity index (χ3v) is 1.39. The molecule has 0 spiro atoms. The van der Waals surface area contributed by atoms with Crippen LogP contribution in [0, 0.1) is 0 Å². The van der Waals surface area contributed by atoms with Crippen LogP contribution >= 0.6 is 0 Å². The van der Waals surface area contributed by atoms with Gasteiger partial charge in [-0.3, -0.25) is 4.90 Å². The van der Waals surface area contributed by atoms with Crippen molar-refractivity contribution >= 4 is 6.03 Å². The number of allylic oxidation sites excluding steroid dienone is 1. The molecule has 60 valence electrons. The van der Waals surface area contributed by atoms with Crippen molar-refractivity contribution < 1.29 is 4.79 Å². The molecule has 0 aliphatic carbocycles. The van der Waals surface area contributed by atoms with Crippen LogP contribution in [0.3, 0.4) is 0 Å². The average Bonchev–Trinajstić information content (AvgIpc) is 2.03. The summed E-state index contributed by atoms with van der Waals surface area (Å²) in [6.07, 6.45) is 5.23. The van der Waals surface area contributed by atoms with Gasteiger partial charge in [0.1, 0.15) is 0 Å². The molecule has 11 heavy (non-hydrogen) atoms. The second kappa shape index (κ2) is 3.09. The maximum atomic E-state index is 11.0.